The van der Waals surface area contributed by atoms with Crippen molar-refractivity contribution in [3.63, 3.8) is 0 Å². The Morgan fingerprint density at radius 3 is 2.80 bits per heavy atom. The summed E-state index contributed by atoms with van der Waals surface area (Å²) in [5.41, 5.74) is 0.126. The van der Waals surface area contributed by atoms with E-state index < -0.39 is 5.97 Å². The van der Waals surface area contributed by atoms with Crippen LogP contribution in [0.15, 0.2) is 33.5 Å². The summed E-state index contributed by atoms with van der Waals surface area (Å²) in [6.45, 7) is 0.483. The molecule has 1 aromatic carbocycles. The Hall–Kier alpha value is -1.27. The molecule has 0 fully saturated rings. The minimum atomic E-state index is -0.495. The summed E-state index contributed by atoms with van der Waals surface area (Å²) in [5, 5.41) is 1.33. The summed E-state index contributed by atoms with van der Waals surface area (Å²) < 4.78 is 7.12. The van der Waals surface area contributed by atoms with Gasteiger partial charge in [-0.25, -0.2) is 4.79 Å². The normalized spacial score (nSPS) is 10.8. The van der Waals surface area contributed by atoms with E-state index in [9.17, 15) is 9.59 Å². The number of pyridine rings is 1. The fourth-order valence-corrected chi connectivity index (χ4v) is 2.75. The number of halogens is 1. The van der Waals surface area contributed by atoms with E-state index in [4.69, 9.17) is 4.74 Å². The van der Waals surface area contributed by atoms with Gasteiger partial charge in [0.2, 0.25) is 0 Å². The van der Waals surface area contributed by atoms with Gasteiger partial charge in [-0.15, -0.1) is 0 Å². The molecule has 1 aromatic heterocycles. The maximum Gasteiger partial charge on any atom is 0.354 e. The van der Waals surface area contributed by atoms with Crippen molar-refractivity contribution in [2.75, 3.05) is 19.1 Å². The number of fused-ring (bicyclic) bond motifs is 1. The molecule has 6 heteroatoms. The van der Waals surface area contributed by atoms with Crippen molar-refractivity contribution in [2.45, 2.75) is 6.54 Å². The molecule has 0 saturated heterocycles. The Morgan fingerprint density at radius 1 is 1.40 bits per heavy atom. The molecule has 0 atom stereocenters. The van der Waals surface area contributed by atoms with Gasteiger partial charge in [-0.05, 0) is 35.9 Å². The molecule has 0 radical (unpaired) electrons. The summed E-state index contributed by atoms with van der Waals surface area (Å²) in [7, 11) is 1.32. The highest BCUT2D eigenvalue weighted by molar-refractivity contribution is 9.10. The second kappa shape index (κ2) is 6.45. The largest absolute Gasteiger partial charge is 0.464 e. The average molecular weight is 356 g/mol. The van der Waals surface area contributed by atoms with Crippen LogP contribution in [0.4, 0.5) is 0 Å². The van der Waals surface area contributed by atoms with Gasteiger partial charge in [0, 0.05) is 22.2 Å². The fourth-order valence-electron chi connectivity index (χ4n) is 2.01. The summed E-state index contributed by atoms with van der Waals surface area (Å²) in [6.07, 6.45) is 1.96. The SMILES string of the molecule is COC(=O)c1cc2cc(Br)ccc2c(=O)n1CCSC. The van der Waals surface area contributed by atoms with Crippen LogP contribution in [0.2, 0.25) is 0 Å². The third-order valence-corrected chi connectivity index (χ3v) is 4.07. The predicted molar refractivity (Wildman–Crippen MR) is 85.6 cm³/mol. The summed E-state index contributed by atoms with van der Waals surface area (Å²) in [6, 6.07) is 7.11. The van der Waals surface area contributed by atoms with E-state index in [0.717, 1.165) is 15.6 Å². The number of thioether (sulfide) groups is 1. The number of rotatable bonds is 4. The number of carbonyl (C=O) groups is 1. The van der Waals surface area contributed by atoms with Crippen LogP contribution >= 0.6 is 27.7 Å². The van der Waals surface area contributed by atoms with Crippen molar-refractivity contribution in [1.29, 1.82) is 0 Å². The molecule has 20 heavy (non-hydrogen) atoms. The molecule has 0 N–H and O–H groups in total. The van der Waals surface area contributed by atoms with Crippen molar-refractivity contribution in [3.05, 3.63) is 44.8 Å². The number of carbonyl (C=O) groups excluding carboxylic acids is 1. The van der Waals surface area contributed by atoms with Gasteiger partial charge in [0.1, 0.15) is 5.69 Å². The first-order chi connectivity index (χ1) is 9.58. The average Bonchev–Trinajstić information content (AvgIpc) is 2.45. The molecule has 0 saturated carbocycles. The predicted octanol–water partition coefficient (Wildman–Crippen LogP) is 2.91. The Labute approximate surface area is 129 Å². The van der Waals surface area contributed by atoms with Crippen LogP contribution in [0, 0.1) is 0 Å². The molecule has 0 aliphatic heterocycles. The summed E-state index contributed by atoms with van der Waals surface area (Å²) in [4.78, 5) is 24.4. The molecule has 106 valence electrons. The zero-order valence-electron chi connectivity index (χ0n) is 11.2. The van der Waals surface area contributed by atoms with E-state index in [1.165, 1.54) is 11.7 Å². The van der Waals surface area contributed by atoms with Gasteiger partial charge in [-0.1, -0.05) is 15.9 Å². The minimum absolute atomic E-state index is 0.163. The standard InChI is InChI=1S/C14H14BrNO3S/c1-19-14(18)12-8-9-7-10(15)3-4-11(9)13(17)16(12)5-6-20-2/h3-4,7-8H,5-6H2,1-2H3. The van der Waals surface area contributed by atoms with Gasteiger partial charge in [-0.2, -0.15) is 11.8 Å². The van der Waals surface area contributed by atoms with E-state index >= 15 is 0 Å². The summed E-state index contributed by atoms with van der Waals surface area (Å²) >= 11 is 4.99. The Kier molecular flexibility index (Phi) is 4.88. The highest BCUT2D eigenvalue weighted by atomic mass is 79.9. The molecule has 0 aliphatic rings. The number of methoxy groups -OCH3 is 1. The van der Waals surface area contributed by atoms with E-state index in [1.807, 2.05) is 18.4 Å². The number of hydrogen-bond donors (Lipinski definition) is 0. The number of ether oxygens (including phenoxy) is 1. The number of nitrogens with zero attached hydrogens (tertiary/aromatic N) is 1. The van der Waals surface area contributed by atoms with Crippen LogP contribution in [-0.2, 0) is 11.3 Å². The lowest BCUT2D eigenvalue weighted by molar-refractivity contribution is 0.0587. The molecular formula is C14H14BrNO3S. The van der Waals surface area contributed by atoms with Crippen molar-refractivity contribution >= 4 is 44.4 Å². The lowest BCUT2D eigenvalue weighted by Crippen LogP contribution is -2.27. The molecule has 0 unspecified atom stereocenters. The van der Waals surface area contributed by atoms with Crippen molar-refractivity contribution in [3.8, 4) is 0 Å². The van der Waals surface area contributed by atoms with Gasteiger partial charge in [-0.3, -0.25) is 4.79 Å². The molecule has 0 spiro atoms. The number of benzene rings is 1. The summed E-state index contributed by atoms with van der Waals surface area (Å²) in [5.74, 6) is 0.261. The second-order valence-electron chi connectivity index (χ2n) is 4.20. The molecule has 2 rings (SSSR count). The highest BCUT2D eigenvalue weighted by Gasteiger charge is 2.15. The molecule has 4 nitrogen and oxygen atoms in total. The number of hydrogen-bond acceptors (Lipinski definition) is 4. The van der Waals surface area contributed by atoms with Crippen molar-refractivity contribution < 1.29 is 9.53 Å². The molecule has 2 aromatic rings. The molecular weight excluding hydrogens is 342 g/mol. The van der Waals surface area contributed by atoms with Gasteiger partial charge in [0.25, 0.3) is 5.56 Å². The molecule has 0 amide bonds. The van der Waals surface area contributed by atoms with Crippen LogP contribution in [0.5, 0.6) is 0 Å². The first kappa shape index (κ1) is 15.1. The van der Waals surface area contributed by atoms with Crippen molar-refractivity contribution in [1.82, 2.24) is 4.57 Å². The smallest absolute Gasteiger partial charge is 0.354 e. The van der Waals surface area contributed by atoms with E-state index in [2.05, 4.69) is 15.9 Å². The third kappa shape index (κ3) is 2.91. The van der Waals surface area contributed by atoms with Crippen LogP contribution in [0.1, 0.15) is 10.5 Å². The van der Waals surface area contributed by atoms with Crippen LogP contribution in [-0.4, -0.2) is 29.7 Å². The first-order valence-corrected chi connectivity index (χ1v) is 8.17. The minimum Gasteiger partial charge on any atom is -0.464 e. The monoisotopic (exact) mass is 355 g/mol. The van der Waals surface area contributed by atoms with Crippen LogP contribution < -0.4 is 5.56 Å². The van der Waals surface area contributed by atoms with Gasteiger partial charge >= 0.3 is 5.97 Å². The number of esters is 1. The zero-order chi connectivity index (χ0) is 14.7. The topological polar surface area (TPSA) is 48.3 Å². The van der Waals surface area contributed by atoms with Crippen LogP contribution in [0.3, 0.4) is 0 Å². The maximum atomic E-state index is 12.5. The fraction of sp³-hybridized carbons (Fsp3) is 0.286. The van der Waals surface area contributed by atoms with Crippen LogP contribution in [0.25, 0.3) is 10.8 Å². The third-order valence-electron chi connectivity index (χ3n) is 2.99. The Morgan fingerprint density at radius 2 is 2.15 bits per heavy atom. The molecule has 0 bridgehead atoms. The molecule has 1 heterocycles. The number of aromatic nitrogens is 1. The van der Waals surface area contributed by atoms with Gasteiger partial charge in [0.15, 0.2) is 0 Å². The maximum absolute atomic E-state index is 12.5. The zero-order valence-corrected chi connectivity index (χ0v) is 13.6. The Bertz CT molecular complexity index is 711. The highest BCUT2D eigenvalue weighted by Crippen LogP contribution is 2.19. The quantitative estimate of drug-likeness (QED) is 0.791. The first-order valence-electron chi connectivity index (χ1n) is 5.99. The molecule has 0 aliphatic carbocycles. The second-order valence-corrected chi connectivity index (χ2v) is 6.10. The van der Waals surface area contributed by atoms with E-state index in [-0.39, 0.29) is 11.3 Å². The van der Waals surface area contributed by atoms with Gasteiger partial charge in [0.05, 0.1) is 7.11 Å². The Balaban J connectivity index is 2.72. The van der Waals surface area contributed by atoms with Gasteiger partial charge < -0.3 is 9.30 Å². The van der Waals surface area contributed by atoms with Crippen molar-refractivity contribution in [2.24, 2.45) is 0 Å². The lowest BCUT2D eigenvalue weighted by Gasteiger charge is -2.12. The van der Waals surface area contributed by atoms with E-state index in [1.54, 1.807) is 23.9 Å². The van der Waals surface area contributed by atoms with E-state index in [0.29, 0.717) is 11.9 Å². The lowest BCUT2D eigenvalue weighted by atomic mass is 10.1.